The van der Waals surface area contributed by atoms with Gasteiger partial charge in [-0.2, -0.15) is 0 Å². The first-order chi connectivity index (χ1) is 28.7. The highest BCUT2D eigenvalue weighted by Crippen LogP contribution is 2.23. The summed E-state index contributed by atoms with van der Waals surface area (Å²) in [7, 11) is -2.60. The number of amides is 4. The molecule has 0 aliphatic rings. The molecule has 4 aromatic rings. The number of carboxylic acid groups (broad SMARTS) is 2. The number of aromatic carboxylic acids is 2. The minimum absolute atomic E-state index is 0.00339. The van der Waals surface area contributed by atoms with Gasteiger partial charge in [0.1, 0.15) is 6.04 Å². The summed E-state index contributed by atoms with van der Waals surface area (Å²) >= 11 is 0. The van der Waals surface area contributed by atoms with E-state index in [-0.39, 0.29) is 35.7 Å². The standard InChI is InChI=1S/C43H49N5O12S/c1-25(2)38(41(53)45-33-18-31(42(54)55)17-32(19-33)43(56)57)47-37(50)22-36(49)35(24-60-23-27-12-8-6-9-13-27)46-40(52)30-16-29(20-34(21-30)48(4)61(5,58)59)39(51)44-26(3)28-14-10-7-11-15-28/h6-21,25-26,35-36,38,49H,22-24H2,1-5H3,(H,44,51)(H,45,53)(H,46,52)(H,47,50)(H,54,55)(H,56,57)/t26?,35-,36-,38?/m0/s1. The molecule has 0 fully saturated rings. The molecule has 17 nitrogen and oxygen atoms in total. The van der Waals surface area contributed by atoms with Gasteiger partial charge in [0.05, 0.1) is 60.9 Å². The lowest BCUT2D eigenvalue weighted by molar-refractivity contribution is -0.129. The number of benzene rings is 4. The average Bonchev–Trinajstić information content (AvgIpc) is 3.21. The van der Waals surface area contributed by atoms with Crippen molar-refractivity contribution >= 4 is 57.0 Å². The van der Waals surface area contributed by atoms with E-state index in [1.807, 2.05) is 36.4 Å². The first-order valence-electron chi connectivity index (χ1n) is 19.0. The van der Waals surface area contributed by atoms with Crippen LogP contribution in [0.25, 0.3) is 0 Å². The molecule has 324 valence electrons. The van der Waals surface area contributed by atoms with Crippen molar-refractivity contribution in [2.75, 3.05) is 29.5 Å². The van der Waals surface area contributed by atoms with Crippen molar-refractivity contribution in [2.45, 2.75) is 58.0 Å². The molecular formula is C43H49N5O12S. The number of carbonyl (C=O) groups is 6. The van der Waals surface area contributed by atoms with E-state index in [0.717, 1.165) is 39.9 Å². The van der Waals surface area contributed by atoms with Crippen LogP contribution in [-0.2, 0) is 31.0 Å². The number of carbonyl (C=O) groups excluding carboxylic acids is 4. The first kappa shape index (κ1) is 47.1. The number of hydrogen-bond acceptors (Lipinski definition) is 10. The summed E-state index contributed by atoms with van der Waals surface area (Å²) in [5.41, 5.74) is 0.459. The van der Waals surface area contributed by atoms with Gasteiger partial charge in [-0.05, 0) is 60.4 Å². The van der Waals surface area contributed by atoms with Gasteiger partial charge >= 0.3 is 11.9 Å². The molecule has 0 saturated carbocycles. The molecule has 0 aliphatic carbocycles. The zero-order chi connectivity index (χ0) is 45.0. The van der Waals surface area contributed by atoms with Crippen molar-refractivity contribution in [3.63, 3.8) is 0 Å². The highest BCUT2D eigenvalue weighted by Gasteiger charge is 2.30. The van der Waals surface area contributed by atoms with Crippen LogP contribution in [-0.4, -0.2) is 97.4 Å². The van der Waals surface area contributed by atoms with E-state index in [1.54, 1.807) is 45.0 Å². The molecule has 0 spiro atoms. The van der Waals surface area contributed by atoms with Crippen molar-refractivity contribution in [3.8, 4) is 0 Å². The maximum Gasteiger partial charge on any atom is 0.335 e. The molecule has 61 heavy (non-hydrogen) atoms. The Hall–Kier alpha value is -6.63. The van der Waals surface area contributed by atoms with E-state index in [0.29, 0.717) is 0 Å². The minimum atomic E-state index is -3.86. The Kier molecular flexibility index (Phi) is 16.2. The Labute approximate surface area is 353 Å². The number of aliphatic hydroxyl groups excluding tert-OH is 1. The Balaban J connectivity index is 1.58. The largest absolute Gasteiger partial charge is 0.478 e. The number of ether oxygens (including phenoxy) is 1. The number of aliphatic hydroxyl groups is 1. The molecule has 2 unspecified atom stereocenters. The van der Waals surface area contributed by atoms with Crippen LogP contribution in [0, 0.1) is 5.92 Å². The Morgan fingerprint density at radius 3 is 1.77 bits per heavy atom. The number of nitrogens with one attached hydrogen (secondary N) is 4. The van der Waals surface area contributed by atoms with Gasteiger partial charge in [-0.1, -0.05) is 74.5 Å². The van der Waals surface area contributed by atoms with Gasteiger partial charge < -0.3 is 41.3 Å². The lowest BCUT2D eigenvalue weighted by Gasteiger charge is -2.26. The topological polar surface area (TPSA) is 258 Å². The summed E-state index contributed by atoms with van der Waals surface area (Å²) in [5.74, 6) is -6.47. The summed E-state index contributed by atoms with van der Waals surface area (Å²) in [6.45, 7) is 4.73. The zero-order valence-corrected chi connectivity index (χ0v) is 34.9. The van der Waals surface area contributed by atoms with Gasteiger partial charge in [-0.25, -0.2) is 18.0 Å². The molecule has 0 bridgehead atoms. The Bertz CT molecular complexity index is 2310. The molecular weight excluding hydrogens is 811 g/mol. The fourth-order valence-electron chi connectivity index (χ4n) is 6.00. The molecule has 0 radical (unpaired) electrons. The van der Waals surface area contributed by atoms with Gasteiger partial charge in [-0.15, -0.1) is 0 Å². The number of anilines is 2. The number of carboxylic acids is 2. The number of hydrogen-bond donors (Lipinski definition) is 7. The molecule has 0 heterocycles. The van der Waals surface area contributed by atoms with E-state index >= 15 is 0 Å². The molecule has 0 saturated heterocycles. The summed E-state index contributed by atoms with van der Waals surface area (Å²) < 4.78 is 31.9. The van der Waals surface area contributed by atoms with Crippen LogP contribution in [0.3, 0.4) is 0 Å². The van der Waals surface area contributed by atoms with Crippen LogP contribution in [0.2, 0.25) is 0 Å². The summed E-state index contributed by atoms with van der Waals surface area (Å²) in [4.78, 5) is 77.5. The molecule has 0 aromatic heterocycles. The van der Waals surface area contributed by atoms with Crippen LogP contribution < -0.4 is 25.6 Å². The second-order valence-electron chi connectivity index (χ2n) is 14.6. The average molecular weight is 860 g/mol. The highest BCUT2D eigenvalue weighted by molar-refractivity contribution is 7.92. The molecule has 4 aromatic carbocycles. The van der Waals surface area contributed by atoms with Crippen LogP contribution in [0.1, 0.15) is 85.8 Å². The van der Waals surface area contributed by atoms with Gasteiger partial charge in [0.2, 0.25) is 21.8 Å². The van der Waals surface area contributed by atoms with E-state index < -0.39 is 93.3 Å². The predicted octanol–water partition coefficient (Wildman–Crippen LogP) is 3.82. The van der Waals surface area contributed by atoms with E-state index in [9.17, 15) is 52.5 Å². The van der Waals surface area contributed by atoms with Gasteiger partial charge in [0.15, 0.2) is 0 Å². The third kappa shape index (κ3) is 13.7. The quantitative estimate of drug-likeness (QED) is 0.0670. The highest BCUT2D eigenvalue weighted by atomic mass is 32.2. The number of nitrogens with zero attached hydrogens (tertiary/aromatic N) is 1. The van der Waals surface area contributed by atoms with Crippen LogP contribution in [0.15, 0.2) is 97.1 Å². The number of rotatable bonds is 20. The second kappa shape index (κ2) is 21.1. The van der Waals surface area contributed by atoms with Crippen molar-refractivity contribution < 1.29 is 57.2 Å². The summed E-state index contributed by atoms with van der Waals surface area (Å²) in [5, 5.41) is 40.8. The van der Waals surface area contributed by atoms with E-state index in [4.69, 9.17) is 4.74 Å². The maximum absolute atomic E-state index is 14.0. The van der Waals surface area contributed by atoms with Crippen LogP contribution in [0.4, 0.5) is 11.4 Å². The maximum atomic E-state index is 14.0. The monoisotopic (exact) mass is 859 g/mol. The fourth-order valence-corrected chi connectivity index (χ4v) is 6.48. The third-order valence-electron chi connectivity index (χ3n) is 9.49. The lowest BCUT2D eigenvalue weighted by Crippen LogP contribution is -2.51. The smallest absolute Gasteiger partial charge is 0.335 e. The third-order valence-corrected chi connectivity index (χ3v) is 10.7. The molecule has 0 aliphatic heterocycles. The summed E-state index contributed by atoms with van der Waals surface area (Å²) in [6.07, 6.45) is -1.33. The van der Waals surface area contributed by atoms with Crippen molar-refractivity contribution in [1.29, 1.82) is 0 Å². The van der Waals surface area contributed by atoms with Gasteiger partial charge in [0, 0.05) is 23.9 Å². The molecule has 4 rings (SSSR count). The SMILES string of the molecule is CC(NC(=O)c1cc(C(=O)N[C@@H](COCc2ccccc2)[C@@H](O)CC(=O)NC(C(=O)Nc2cc(C(=O)O)cc(C(=O)O)c2)C(C)C)cc(N(C)S(C)(=O)=O)c1)c1ccccc1. The molecule has 4 amide bonds. The number of sulfonamides is 1. The van der Waals surface area contributed by atoms with Crippen LogP contribution >= 0.6 is 0 Å². The lowest BCUT2D eigenvalue weighted by atomic mass is 10.0. The normalized spacial score (nSPS) is 13.2. The Morgan fingerprint density at radius 2 is 1.25 bits per heavy atom. The summed E-state index contributed by atoms with van der Waals surface area (Å²) in [6, 6.07) is 22.0. The van der Waals surface area contributed by atoms with E-state index in [2.05, 4.69) is 21.3 Å². The zero-order valence-electron chi connectivity index (χ0n) is 34.1. The van der Waals surface area contributed by atoms with Crippen molar-refractivity contribution in [1.82, 2.24) is 16.0 Å². The minimum Gasteiger partial charge on any atom is -0.478 e. The van der Waals surface area contributed by atoms with E-state index in [1.165, 1.54) is 25.2 Å². The van der Waals surface area contributed by atoms with Gasteiger partial charge in [-0.3, -0.25) is 23.5 Å². The first-order valence-corrected chi connectivity index (χ1v) is 20.9. The Morgan fingerprint density at radius 1 is 0.721 bits per heavy atom. The van der Waals surface area contributed by atoms with Crippen LogP contribution in [0.5, 0.6) is 0 Å². The molecule has 7 N–H and O–H groups in total. The van der Waals surface area contributed by atoms with Crippen molar-refractivity contribution in [2.24, 2.45) is 5.92 Å². The predicted molar refractivity (Wildman–Crippen MR) is 226 cm³/mol. The fraction of sp³-hybridized carbons (Fsp3) is 0.302. The molecule has 4 atom stereocenters. The van der Waals surface area contributed by atoms with Gasteiger partial charge in [0.25, 0.3) is 11.8 Å². The van der Waals surface area contributed by atoms with Crippen molar-refractivity contribution in [3.05, 3.63) is 130 Å². The second-order valence-corrected chi connectivity index (χ2v) is 16.7. The molecule has 18 heteroatoms.